The third kappa shape index (κ3) is 3.50. The highest BCUT2D eigenvalue weighted by atomic mass is 14.7. The Balaban J connectivity index is 1.26. The first-order valence-electron chi connectivity index (χ1n) is 16.9. The normalized spacial score (nSPS) is 13.5. The van der Waals surface area contributed by atoms with Gasteiger partial charge in [-0.1, -0.05) is 115 Å². The number of nitrogens with zero attached hydrogens (tertiary/aromatic N) is 2. The van der Waals surface area contributed by atoms with Gasteiger partial charge in [0.1, 0.15) is 0 Å². The Morgan fingerprint density at radius 1 is 0.408 bits per heavy atom. The first-order valence-corrected chi connectivity index (χ1v) is 16.9. The van der Waals surface area contributed by atoms with Crippen LogP contribution < -0.4 is 0 Å². The molecule has 11 rings (SSSR count). The van der Waals surface area contributed by atoms with Gasteiger partial charge < -0.3 is 0 Å². The van der Waals surface area contributed by atoms with Gasteiger partial charge in [-0.15, -0.1) is 0 Å². The fraction of sp³-hybridized carbons (Fsp3) is 0.0213. The second kappa shape index (κ2) is 9.82. The number of fused-ring (bicyclic) bond motifs is 16. The van der Waals surface area contributed by atoms with Gasteiger partial charge in [0, 0.05) is 29.7 Å². The monoisotopic (exact) mass is 620 g/mol. The zero-order valence-corrected chi connectivity index (χ0v) is 26.6. The van der Waals surface area contributed by atoms with E-state index in [1.807, 2.05) is 36.8 Å². The first kappa shape index (κ1) is 26.7. The Morgan fingerprint density at radius 2 is 1.06 bits per heavy atom. The van der Waals surface area contributed by atoms with Crippen molar-refractivity contribution in [3.63, 3.8) is 0 Å². The van der Waals surface area contributed by atoms with Gasteiger partial charge in [0.2, 0.25) is 0 Å². The molecule has 1 spiro atoms. The summed E-state index contributed by atoms with van der Waals surface area (Å²) in [5.74, 6) is 0. The van der Waals surface area contributed by atoms with Gasteiger partial charge in [-0.3, -0.25) is 9.97 Å². The van der Waals surface area contributed by atoms with Crippen LogP contribution in [-0.2, 0) is 5.41 Å². The van der Waals surface area contributed by atoms with Crippen molar-refractivity contribution in [2.75, 3.05) is 0 Å². The Morgan fingerprint density at radius 3 is 1.82 bits per heavy atom. The van der Waals surface area contributed by atoms with Crippen LogP contribution in [0, 0.1) is 0 Å². The second-order valence-electron chi connectivity index (χ2n) is 13.3. The van der Waals surface area contributed by atoms with Gasteiger partial charge in [-0.2, -0.15) is 0 Å². The highest BCUT2D eigenvalue weighted by Crippen LogP contribution is 2.65. The molecule has 0 fully saturated rings. The summed E-state index contributed by atoms with van der Waals surface area (Å²) in [5.41, 5.74) is 14.5. The SMILES string of the molecule is c1ccc(-c2cncc(-c3ccc4cc5c(cc4c3)C3(c4ccccc4-c4ccccc43)c3c-5c4ccccc4c4ccccc34)c2)nc1. The number of benzene rings is 7. The summed E-state index contributed by atoms with van der Waals surface area (Å²) >= 11 is 0. The van der Waals surface area contributed by atoms with E-state index in [-0.39, 0.29) is 0 Å². The van der Waals surface area contributed by atoms with Crippen LogP contribution in [-0.4, -0.2) is 9.97 Å². The predicted octanol–water partition coefficient (Wildman–Crippen LogP) is 11.6. The van der Waals surface area contributed by atoms with Crippen molar-refractivity contribution in [2.24, 2.45) is 0 Å². The molecule has 0 saturated heterocycles. The molecule has 2 heterocycles. The van der Waals surface area contributed by atoms with E-state index in [4.69, 9.17) is 0 Å². The van der Waals surface area contributed by atoms with Gasteiger partial charge in [0.15, 0.2) is 0 Å². The van der Waals surface area contributed by atoms with Crippen molar-refractivity contribution in [1.82, 2.24) is 9.97 Å². The van der Waals surface area contributed by atoms with E-state index in [2.05, 4.69) is 143 Å². The largest absolute Gasteiger partial charge is 0.263 e. The molecule has 0 amide bonds. The van der Waals surface area contributed by atoms with Crippen molar-refractivity contribution < 1.29 is 0 Å². The maximum atomic E-state index is 4.63. The van der Waals surface area contributed by atoms with E-state index in [0.717, 1.165) is 22.4 Å². The van der Waals surface area contributed by atoms with Gasteiger partial charge in [0.25, 0.3) is 0 Å². The lowest BCUT2D eigenvalue weighted by atomic mass is 9.69. The third-order valence-corrected chi connectivity index (χ3v) is 10.9. The third-order valence-electron chi connectivity index (χ3n) is 10.9. The van der Waals surface area contributed by atoms with Crippen molar-refractivity contribution in [3.8, 4) is 44.6 Å². The number of aromatic nitrogens is 2. The molecule has 2 heteroatoms. The Bertz CT molecular complexity index is 2790. The molecule has 0 saturated carbocycles. The summed E-state index contributed by atoms with van der Waals surface area (Å²) in [7, 11) is 0. The van der Waals surface area contributed by atoms with Crippen molar-refractivity contribution in [1.29, 1.82) is 0 Å². The van der Waals surface area contributed by atoms with E-state index in [9.17, 15) is 0 Å². The van der Waals surface area contributed by atoms with Crippen LogP contribution in [0.25, 0.3) is 77.0 Å². The van der Waals surface area contributed by atoms with E-state index >= 15 is 0 Å². The summed E-state index contributed by atoms with van der Waals surface area (Å²) in [6, 6.07) is 56.2. The van der Waals surface area contributed by atoms with Gasteiger partial charge in [-0.05, 0) is 119 Å². The lowest BCUT2D eigenvalue weighted by molar-refractivity contribution is 0.803. The molecule has 0 bridgehead atoms. The molecule has 7 aromatic carbocycles. The molecule has 0 atom stereocenters. The van der Waals surface area contributed by atoms with Crippen LogP contribution in [0.1, 0.15) is 22.3 Å². The maximum Gasteiger partial charge on any atom is 0.0731 e. The van der Waals surface area contributed by atoms with E-state index in [1.54, 1.807) is 0 Å². The number of rotatable bonds is 2. The fourth-order valence-corrected chi connectivity index (χ4v) is 9.01. The van der Waals surface area contributed by atoms with Gasteiger partial charge in [0.05, 0.1) is 11.1 Å². The van der Waals surface area contributed by atoms with Gasteiger partial charge >= 0.3 is 0 Å². The maximum absolute atomic E-state index is 4.63. The summed E-state index contributed by atoms with van der Waals surface area (Å²) in [4.78, 5) is 9.20. The molecule has 0 aliphatic heterocycles. The quantitative estimate of drug-likeness (QED) is 0.180. The fourth-order valence-electron chi connectivity index (χ4n) is 9.01. The lowest BCUT2D eigenvalue weighted by Gasteiger charge is -2.32. The van der Waals surface area contributed by atoms with E-state index in [1.165, 1.54) is 76.8 Å². The highest BCUT2D eigenvalue weighted by Gasteiger charge is 2.53. The number of hydrogen-bond acceptors (Lipinski definition) is 2. The molecule has 0 unspecified atom stereocenters. The average molecular weight is 621 g/mol. The zero-order chi connectivity index (χ0) is 32.1. The van der Waals surface area contributed by atoms with Crippen molar-refractivity contribution in [3.05, 3.63) is 193 Å². The minimum Gasteiger partial charge on any atom is -0.263 e. The van der Waals surface area contributed by atoms with E-state index < -0.39 is 5.41 Å². The van der Waals surface area contributed by atoms with Crippen molar-refractivity contribution >= 4 is 32.3 Å². The molecule has 2 aromatic heterocycles. The average Bonchev–Trinajstić information content (AvgIpc) is 3.64. The molecule has 2 nitrogen and oxygen atoms in total. The van der Waals surface area contributed by atoms with Crippen LogP contribution in [0.5, 0.6) is 0 Å². The molecule has 0 radical (unpaired) electrons. The predicted molar refractivity (Wildman–Crippen MR) is 202 cm³/mol. The molecule has 49 heavy (non-hydrogen) atoms. The van der Waals surface area contributed by atoms with Crippen LogP contribution in [0.2, 0.25) is 0 Å². The molecular formula is C47H28N2. The van der Waals surface area contributed by atoms with Crippen molar-refractivity contribution in [2.45, 2.75) is 5.41 Å². The summed E-state index contributed by atoms with van der Waals surface area (Å²) in [6.45, 7) is 0. The highest BCUT2D eigenvalue weighted by molar-refractivity contribution is 6.20. The molecule has 2 aliphatic carbocycles. The lowest BCUT2D eigenvalue weighted by Crippen LogP contribution is -2.26. The summed E-state index contributed by atoms with van der Waals surface area (Å²) < 4.78 is 0. The van der Waals surface area contributed by atoms with Crippen LogP contribution in [0.4, 0.5) is 0 Å². The topological polar surface area (TPSA) is 25.8 Å². The minimum atomic E-state index is -0.452. The van der Waals surface area contributed by atoms with E-state index in [0.29, 0.717) is 0 Å². The van der Waals surface area contributed by atoms with Crippen LogP contribution >= 0.6 is 0 Å². The second-order valence-corrected chi connectivity index (χ2v) is 13.3. The van der Waals surface area contributed by atoms with Gasteiger partial charge in [-0.25, -0.2) is 0 Å². The Labute approximate surface area is 284 Å². The summed E-state index contributed by atoms with van der Waals surface area (Å²) in [6.07, 6.45) is 5.68. The zero-order valence-electron chi connectivity index (χ0n) is 26.6. The Hall–Kier alpha value is -6.38. The first-order chi connectivity index (χ1) is 24.3. The van der Waals surface area contributed by atoms with Crippen LogP contribution in [0.15, 0.2) is 170 Å². The smallest absolute Gasteiger partial charge is 0.0731 e. The number of hydrogen-bond donors (Lipinski definition) is 0. The minimum absolute atomic E-state index is 0.452. The number of pyridine rings is 2. The standard InChI is InChI=1S/C47H28N2/c1-3-15-38-34(11-1)35-12-2-4-16-39(35)46-45(38)40-25-30-21-20-29(32-24-33(28-48-27-32)44-19-9-10-22-49-44)23-31(30)26-43(40)47(46)41-17-7-5-13-36(41)37-14-6-8-18-42(37)47/h1-28H. The molecule has 2 aliphatic rings. The summed E-state index contributed by atoms with van der Waals surface area (Å²) in [5, 5.41) is 7.69. The Kier molecular flexibility index (Phi) is 5.34. The van der Waals surface area contributed by atoms with Crippen LogP contribution in [0.3, 0.4) is 0 Å². The molecule has 0 N–H and O–H groups in total. The molecular weight excluding hydrogens is 593 g/mol. The molecule has 9 aromatic rings. The molecule has 226 valence electrons.